The summed E-state index contributed by atoms with van der Waals surface area (Å²) >= 11 is 2.12. The molecule has 2 aliphatic heterocycles. The van der Waals surface area contributed by atoms with Gasteiger partial charge in [-0.2, -0.15) is 4.37 Å². The Morgan fingerprint density at radius 3 is 2.77 bits per heavy atom. The van der Waals surface area contributed by atoms with Crippen LogP contribution in [-0.2, 0) is 24.0 Å². The van der Waals surface area contributed by atoms with Crippen LogP contribution in [0, 0.1) is 0 Å². The molecular weight excluding hydrogens is 555 g/mol. The first kappa shape index (κ1) is 29.7. The summed E-state index contributed by atoms with van der Waals surface area (Å²) in [6, 6.07) is -1.13. The monoisotopic (exact) mass is 582 g/mol. The van der Waals surface area contributed by atoms with Crippen molar-refractivity contribution in [3.05, 3.63) is 41.4 Å². The maximum atomic E-state index is 13.9. The zero-order valence-corrected chi connectivity index (χ0v) is 22.5. The number of β-lactam (4-membered cyclic amide) rings is 1. The predicted molar refractivity (Wildman–Crippen MR) is 142 cm³/mol. The van der Waals surface area contributed by atoms with E-state index in [0.29, 0.717) is 12.0 Å². The number of anilines is 1. The van der Waals surface area contributed by atoms with Gasteiger partial charge in [0.15, 0.2) is 23.7 Å². The summed E-state index contributed by atoms with van der Waals surface area (Å²) in [5.74, 6) is -3.09. The fourth-order valence-corrected chi connectivity index (χ4v) is 5.41. The molecule has 0 bridgehead atoms. The van der Waals surface area contributed by atoms with Crippen LogP contribution in [0.4, 0.5) is 9.52 Å². The van der Waals surface area contributed by atoms with E-state index in [1.807, 2.05) is 19.0 Å². The Morgan fingerprint density at radius 1 is 1.41 bits per heavy atom. The van der Waals surface area contributed by atoms with E-state index in [-0.39, 0.29) is 28.4 Å². The van der Waals surface area contributed by atoms with Gasteiger partial charge in [-0.05, 0) is 32.2 Å². The Kier molecular flexibility index (Phi) is 10.1. The number of rotatable bonds is 13. The van der Waals surface area contributed by atoms with Crippen LogP contribution in [0.1, 0.15) is 18.4 Å². The molecule has 17 heteroatoms. The van der Waals surface area contributed by atoms with Crippen molar-refractivity contribution in [2.45, 2.75) is 30.1 Å². The van der Waals surface area contributed by atoms with Crippen molar-refractivity contribution in [3.63, 3.8) is 0 Å². The van der Waals surface area contributed by atoms with E-state index >= 15 is 0 Å². The largest absolute Gasteiger partial charge is 0.477 e. The number of nitrogens with one attached hydrogen (secondary N) is 1. The minimum atomic E-state index is -1.69. The van der Waals surface area contributed by atoms with Gasteiger partial charge in [-0.1, -0.05) is 23.4 Å². The molecule has 210 valence electrons. The van der Waals surface area contributed by atoms with Gasteiger partial charge in [-0.3, -0.25) is 19.3 Å². The number of carboxylic acid groups (broad SMARTS) is 1. The molecule has 3 heterocycles. The molecule has 2 aliphatic rings. The van der Waals surface area contributed by atoms with Crippen molar-refractivity contribution >= 4 is 58.3 Å². The number of nitrogens with zero attached hydrogens (tertiary/aromatic N) is 5. The molecule has 4 atom stereocenters. The van der Waals surface area contributed by atoms with Gasteiger partial charge >= 0.3 is 5.97 Å². The molecule has 14 nitrogen and oxygen atoms in total. The molecule has 0 radical (unpaired) electrons. The molecule has 0 saturated carbocycles. The third-order valence-corrected chi connectivity index (χ3v) is 7.40. The molecule has 39 heavy (non-hydrogen) atoms. The van der Waals surface area contributed by atoms with E-state index < -0.39 is 47.9 Å². The molecule has 0 spiro atoms. The highest BCUT2D eigenvalue weighted by molar-refractivity contribution is 8.00. The molecule has 1 fully saturated rings. The van der Waals surface area contributed by atoms with Crippen LogP contribution in [0.2, 0.25) is 0 Å². The Labute approximate surface area is 230 Å². The van der Waals surface area contributed by atoms with Gasteiger partial charge in [-0.25, -0.2) is 14.2 Å². The van der Waals surface area contributed by atoms with Gasteiger partial charge in [0.05, 0.1) is 0 Å². The number of carboxylic acids is 1. The normalized spacial score (nSPS) is 20.9. The van der Waals surface area contributed by atoms with Crippen molar-refractivity contribution in [3.8, 4) is 0 Å². The van der Waals surface area contributed by atoms with Crippen LogP contribution >= 0.6 is 23.3 Å². The smallest absolute Gasteiger partial charge is 0.352 e. The molecule has 1 aromatic rings. The quantitative estimate of drug-likeness (QED) is 0.104. The second kappa shape index (κ2) is 13.3. The molecule has 0 aromatic carbocycles. The second-order valence-electron chi connectivity index (χ2n) is 8.49. The first-order chi connectivity index (χ1) is 18.5. The van der Waals surface area contributed by atoms with Crippen molar-refractivity contribution in [1.82, 2.24) is 24.5 Å². The van der Waals surface area contributed by atoms with E-state index in [4.69, 9.17) is 16.3 Å². The SMILES string of the molecule is CN(C)C(C=CC1=C(C(=O)O)N2C(=O)[C@@H](NC(=O)C=NOCC(F)c3nsc(N)n3)[C@@H]2SC1)CC=CC(N)=O. The number of alkyl halides is 1. The van der Waals surface area contributed by atoms with E-state index in [1.54, 1.807) is 18.2 Å². The van der Waals surface area contributed by atoms with Crippen molar-refractivity contribution in [1.29, 1.82) is 0 Å². The average Bonchev–Trinajstić information content (AvgIpc) is 3.32. The molecule has 0 aliphatic carbocycles. The van der Waals surface area contributed by atoms with Crippen LogP contribution in [0.15, 0.2) is 40.7 Å². The number of hydrogen-bond donors (Lipinski definition) is 4. The number of likely N-dealkylation sites (N-methyl/N-ethyl adjacent to an activating group) is 1. The number of thioether (sulfide) groups is 1. The maximum Gasteiger partial charge on any atom is 0.352 e. The number of nitrogens with two attached hydrogens (primary N) is 2. The number of oxime groups is 1. The lowest BCUT2D eigenvalue weighted by atomic mass is 10.0. The molecular formula is C22H27FN8O6S2. The second-order valence-corrected chi connectivity index (χ2v) is 10.4. The number of nitrogen functional groups attached to an aromatic ring is 1. The Morgan fingerprint density at radius 2 is 2.15 bits per heavy atom. The number of primary amides is 1. The third-order valence-electron chi connectivity index (χ3n) is 5.54. The van der Waals surface area contributed by atoms with E-state index in [1.165, 1.54) is 17.8 Å². The lowest BCUT2D eigenvalue weighted by molar-refractivity contribution is -0.150. The molecule has 2 unspecified atom stereocenters. The topological polar surface area (TPSA) is 206 Å². The van der Waals surface area contributed by atoms with Gasteiger partial charge in [0.25, 0.3) is 11.8 Å². The lowest BCUT2D eigenvalue weighted by Gasteiger charge is -2.49. The zero-order chi connectivity index (χ0) is 28.7. The average molecular weight is 583 g/mol. The van der Waals surface area contributed by atoms with E-state index in [0.717, 1.165) is 22.6 Å². The maximum absolute atomic E-state index is 13.9. The molecule has 1 saturated heterocycles. The van der Waals surface area contributed by atoms with Crippen LogP contribution in [0.3, 0.4) is 0 Å². The van der Waals surface area contributed by atoms with Crippen molar-refractivity contribution in [2.75, 3.05) is 32.2 Å². The van der Waals surface area contributed by atoms with Crippen molar-refractivity contribution in [2.24, 2.45) is 10.9 Å². The molecule has 6 N–H and O–H groups in total. The van der Waals surface area contributed by atoms with Gasteiger partial charge < -0.3 is 31.6 Å². The lowest BCUT2D eigenvalue weighted by Crippen LogP contribution is -2.70. The fraction of sp³-hybridized carbons (Fsp3) is 0.409. The fourth-order valence-electron chi connectivity index (χ4n) is 3.62. The predicted octanol–water partition coefficient (Wildman–Crippen LogP) is -0.210. The summed E-state index contributed by atoms with van der Waals surface area (Å²) in [5.41, 5.74) is 10.8. The number of fused-ring (bicyclic) bond motifs is 1. The Hall–Kier alpha value is -3.83. The first-order valence-corrected chi connectivity index (χ1v) is 13.2. The summed E-state index contributed by atoms with van der Waals surface area (Å²) in [6.45, 7) is -0.548. The van der Waals surface area contributed by atoms with E-state index in [2.05, 4.69) is 19.8 Å². The summed E-state index contributed by atoms with van der Waals surface area (Å²) < 4.78 is 17.6. The van der Waals surface area contributed by atoms with Gasteiger partial charge in [-0.15, -0.1) is 11.8 Å². The van der Waals surface area contributed by atoms with Crippen LogP contribution in [0.25, 0.3) is 0 Å². The molecule has 1 aromatic heterocycles. The number of allylic oxidation sites excluding steroid dienone is 1. The number of hydrogen-bond acceptors (Lipinski definition) is 12. The van der Waals surface area contributed by atoms with Crippen LogP contribution in [0.5, 0.6) is 0 Å². The highest BCUT2D eigenvalue weighted by Crippen LogP contribution is 2.40. The van der Waals surface area contributed by atoms with Gasteiger partial charge in [0.2, 0.25) is 5.91 Å². The number of aliphatic carboxylic acids is 1. The molecule has 3 rings (SSSR count). The minimum absolute atomic E-state index is 0.103. The summed E-state index contributed by atoms with van der Waals surface area (Å²) in [5, 5.41) is 15.2. The summed E-state index contributed by atoms with van der Waals surface area (Å²) in [6.07, 6.45) is 5.82. The van der Waals surface area contributed by atoms with Crippen LogP contribution in [-0.4, -0.2) is 98.1 Å². The number of carbonyl (C=O) groups is 4. The highest BCUT2D eigenvalue weighted by atomic mass is 32.2. The minimum Gasteiger partial charge on any atom is -0.477 e. The van der Waals surface area contributed by atoms with Gasteiger partial charge in [0, 0.05) is 23.3 Å². The third kappa shape index (κ3) is 7.61. The molecule has 3 amide bonds. The number of amides is 3. The number of carbonyl (C=O) groups excluding carboxylic acids is 3. The number of halogens is 1. The van der Waals surface area contributed by atoms with Crippen LogP contribution < -0.4 is 16.8 Å². The highest BCUT2D eigenvalue weighted by Gasteiger charge is 2.53. The first-order valence-electron chi connectivity index (χ1n) is 11.4. The van der Waals surface area contributed by atoms with Gasteiger partial charge in [0.1, 0.15) is 23.3 Å². The summed E-state index contributed by atoms with van der Waals surface area (Å²) in [7, 11) is 3.66. The Bertz CT molecular complexity index is 1230. The van der Waals surface area contributed by atoms with Crippen molar-refractivity contribution < 1.29 is 33.5 Å². The Balaban J connectivity index is 1.59. The summed E-state index contributed by atoms with van der Waals surface area (Å²) in [4.78, 5) is 59.4. The number of aromatic nitrogens is 2. The zero-order valence-electron chi connectivity index (χ0n) is 20.9. The standard InChI is InChI=1S/C22H27FN8O6S2/c1-30(2)12(4-3-5-14(24)32)7-6-11-10-38-20-16(19(34)31(20)17(11)21(35)36)27-15(33)8-26-37-9-13(23)18-28-22(25)39-29-18/h3,5-8,12-13,16,20H,4,9-10H2,1-2H3,(H2,24,32)(H,27,33)(H,35,36)(H2,25,28,29)/t12?,13?,16-,20+/m1/s1. The van der Waals surface area contributed by atoms with E-state index in [9.17, 15) is 28.7 Å².